The van der Waals surface area contributed by atoms with E-state index in [-0.39, 0.29) is 17.4 Å². The topological polar surface area (TPSA) is 120 Å². The van der Waals surface area contributed by atoms with E-state index >= 15 is 0 Å². The summed E-state index contributed by atoms with van der Waals surface area (Å²) in [4.78, 5) is 12.2. The fourth-order valence-electron chi connectivity index (χ4n) is 2.91. The number of hydrogen-bond donors (Lipinski definition) is 3. The minimum absolute atomic E-state index is 0.0145. The summed E-state index contributed by atoms with van der Waals surface area (Å²) in [6.45, 7) is 4.84. The Kier molecular flexibility index (Phi) is 9.00. The number of phenols is 1. The number of ketones is 1. The number of carbonyl (C=O) groups is 1. The number of hydrogen-bond acceptors (Lipinski definition) is 6. The fourth-order valence-corrected chi connectivity index (χ4v) is 2.91. The van der Waals surface area contributed by atoms with Crippen molar-refractivity contribution >= 4 is 11.6 Å². The quantitative estimate of drug-likeness (QED) is 0.121. The first-order valence-electron chi connectivity index (χ1n) is 10.2. The van der Waals surface area contributed by atoms with Gasteiger partial charge in [-0.2, -0.15) is 5.10 Å². The number of hydrazone groups is 1. The summed E-state index contributed by atoms with van der Waals surface area (Å²) in [5.74, 6) is 6.75. The highest BCUT2D eigenvalue weighted by molar-refractivity contribution is 5.99. The second-order valence-corrected chi connectivity index (χ2v) is 7.05. The highest BCUT2D eigenvalue weighted by Gasteiger charge is 2.15. The van der Waals surface area contributed by atoms with Crippen LogP contribution in [0.3, 0.4) is 0 Å². The van der Waals surface area contributed by atoms with Gasteiger partial charge in [0.2, 0.25) is 0 Å². The molecule has 0 unspecified atom stereocenters. The van der Waals surface area contributed by atoms with Crippen molar-refractivity contribution in [1.29, 1.82) is 0 Å². The van der Waals surface area contributed by atoms with Crippen LogP contribution in [-0.2, 0) is 0 Å². The van der Waals surface area contributed by atoms with E-state index in [9.17, 15) is 9.90 Å². The van der Waals surface area contributed by atoms with Crippen LogP contribution in [0.5, 0.6) is 17.2 Å². The third kappa shape index (κ3) is 6.40. The summed E-state index contributed by atoms with van der Waals surface area (Å²) in [7, 11) is 0. The maximum absolute atomic E-state index is 12.2. The zero-order valence-corrected chi connectivity index (χ0v) is 17.7. The summed E-state index contributed by atoms with van der Waals surface area (Å²) in [6, 6.07) is 10.6. The molecular weight excluding hydrogens is 382 g/mol. The summed E-state index contributed by atoms with van der Waals surface area (Å²) in [5, 5.41) is 13.8. The van der Waals surface area contributed by atoms with Gasteiger partial charge in [-0.3, -0.25) is 4.79 Å². The average Bonchev–Trinajstić information content (AvgIpc) is 2.77. The molecule has 2 rings (SSSR count). The summed E-state index contributed by atoms with van der Waals surface area (Å²) in [6.07, 6.45) is 3.81. The van der Waals surface area contributed by atoms with E-state index < -0.39 is 0 Å². The first-order valence-corrected chi connectivity index (χ1v) is 10.2. The molecule has 30 heavy (non-hydrogen) atoms. The molecule has 0 aliphatic rings. The number of unbranched alkanes of at least 4 members (excludes halogenated alkanes) is 2. The van der Waals surface area contributed by atoms with Crippen LogP contribution in [0, 0.1) is 6.92 Å². The first-order chi connectivity index (χ1) is 14.5. The van der Waals surface area contributed by atoms with Crippen LogP contribution < -0.4 is 21.1 Å². The van der Waals surface area contributed by atoms with Crippen molar-refractivity contribution in [2.45, 2.75) is 46.0 Å². The van der Waals surface area contributed by atoms with Gasteiger partial charge in [-0.25, -0.2) is 0 Å². The zero-order valence-electron chi connectivity index (χ0n) is 17.7. The van der Waals surface area contributed by atoms with Crippen LogP contribution in [0.1, 0.15) is 60.5 Å². The van der Waals surface area contributed by atoms with E-state index in [1.807, 2.05) is 19.1 Å². The monoisotopic (exact) mass is 413 g/mol. The van der Waals surface area contributed by atoms with E-state index in [1.54, 1.807) is 31.2 Å². The van der Waals surface area contributed by atoms with Crippen molar-refractivity contribution in [1.82, 2.24) is 0 Å². The van der Waals surface area contributed by atoms with E-state index in [1.165, 1.54) is 0 Å². The predicted molar refractivity (Wildman–Crippen MR) is 118 cm³/mol. The number of rotatable bonds is 12. The van der Waals surface area contributed by atoms with Crippen LogP contribution in [-0.4, -0.2) is 29.9 Å². The predicted octanol–water partition coefficient (Wildman–Crippen LogP) is 3.89. The fraction of sp³-hybridized carbons (Fsp3) is 0.391. The molecule has 0 aromatic heterocycles. The Labute approximate surface area is 177 Å². The molecule has 0 amide bonds. The lowest BCUT2D eigenvalue weighted by Crippen LogP contribution is -2.15. The highest BCUT2D eigenvalue weighted by atomic mass is 16.5. The lowest BCUT2D eigenvalue weighted by atomic mass is 10.0. The van der Waals surface area contributed by atoms with Gasteiger partial charge in [-0.15, -0.1) is 0 Å². The standard InChI is InChI=1S/C23H31N3O4/c1-3-4-7-20(27)19-12-13-21(16(2)22(19)28)30-15-6-5-14-29-18-10-8-17(9-11-18)23(24)26-25/h8-13,28H,3-7,14-15,25H2,1-2H3,(H2,24,26). The lowest BCUT2D eigenvalue weighted by molar-refractivity contribution is 0.0977. The molecule has 0 heterocycles. The molecule has 0 aliphatic carbocycles. The van der Waals surface area contributed by atoms with Crippen molar-refractivity contribution in [2.75, 3.05) is 13.2 Å². The minimum atomic E-state index is -0.0350. The van der Waals surface area contributed by atoms with Gasteiger partial charge in [0.25, 0.3) is 0 Å². The third-order valence-corrected chi connectivity index (χ3v) is 4.79. The Morgan fingerprint density at radius 3 is 2.33 bits per heavy atom. The molecule has 0 aliphatic heterocycles. The van der Waals surface area contributed by atoms with Gasteiger partial charge in [0.15, 0.2) is 5.78 Å². The van der Waals surface area contributed by atoms with Gasteiger partial charge in [0.1, 0.15) is 23.1 Å². The molecule has 0 fully saturated rings. The SMILES string of the molecule is CCCCC(=O)c1ccc(OCCCCOc2ccc(/C(N)=N/N)cc2)c(C)c1O. The Hall–Kier alpha value is -3.22. The van der Waals surface area contributed by atoms with Crippen molar-refractivity contribution in [3.8, 4) is 17.2 Å². The van der Waals surface area contributed by atoms with Gasteiger partial charge in [0, 0.05) is 17.5 Å². The number of carbonyl (C=O) groups excluding carboxylic acids is 1. The van der Waals surface area contributed by atoms with Gasteiger partial charge >= 0.3 is 0 Å². The van der Waals surface area contributed by atoms with Gasteiger partial charge in [0.05, 0.1) is 18.8 Å². The van der Waals surface area contributed by atoms with Crippen molar-refractivity contribution in [3.05, 3.63) is 53.1 Å². The molecule has 0 saturated heterocycles. The van der Waals surface area contributed by atoms with E-state index in [4.69, 9.17) is 21.1 Å². The van der Waals surface area contributed by atoms with Crippen LogP contribution in [0.2, 0.25) is 0 Å². The lowest BCUT2D eigenvalue weighted by Gasteiger charge is -2.13. The number of Topliss-reactive ketones (excluding diaryl/α,β-unsaturated/α-hetero) is 1. The highest BCUT2D eigenvalue weighted by Crippen LogP contribution is 2.31. The van der Waals surface area contributed by atoms with Gasteiger partial charge in [-0.1, -0.05) is 13.3 Å². The summed E-state index contributed by atoms with van der Waals surface area (Å²) in [5.41, 5.74) is 7.35. The molecular formula is C23H31N3O4. The van der Waals surface area contributed by atoms with Crippen LogP contribution in [0.15, 0.2) is 41.5 Å². The number of nitrogens with zero attached hydrogens (tertiary/aromatic N) is 1. The first kappa shape index (κ1) is 23.1. The number of benzene rings is 2. The van der Waals surface area contributed by atoms with Crippen molar-refractivity contribution < 1.29 is 19.4 Å². The molecule has 0 saturated carbocycles. The molecule has 0 spiro atoms. The number of nitrogens with two attached hydrogens (primary N) is 2. The Morgan fingerprint density at radius 1 is 1.03 bits per heavy atom. The molecule has 2 aromatic carbocycles. The molecule has 7 nitrogen and oxygen atoms in total. The Balaban J connectivity index is 1.75. The Bertz CT molecular complexity index is 863. The average molecular weight is 414 g/mol. The molecule has 5 N–H and O–H groups in total. The van der Waals surface area contributed by atoms with E-state index in [0.717, 1.165) is 37.0 Å². The van der Waals surface area contributed by atoms with Crippen molar-refractivity contribution in [3.63, 3.8) is 0 Å². The molecule has 0 radical (unpaired) electrons. The molecule has 0 atom stereocenters. The molecule has 7 heteroatoms. The maximum atomic E-state index is 12.2. The Morgan fingerprint density at radius 2 is 1.70 bits per heavy atom. The van der Waals surface area contributed by atoms with Crippen LogP contribution in [0.25, 0.3) is 0 Å². The van der Waals surface area contributed by atoms with E-state index in [2.05, 4.69) is 5.10 Å². The zero-order chi connectivity index (χ0) is 21.9. The van der Waals surface area contributed by atoms with Gasteiger partial charge < -0.3 is 26.2 Å². The number of aromatic hydroxyl groups is 1. The van der Waals surface area contributed by atoms with Crippen LogP contribution >= 0.6 is 0 Å². The second-order valence-electron chi connectivity index (χ2n) is 7.05. The minimum Gasteiger partial charge on any atom is -0.507 e. The van der Waals surface area contributed by atoms with E-state index in [0.29, 0.717) is 36.5 Å². The summed E-state index contributed by atoms with van der Waals surface area (Å²) >= 11 is 0. The normalized spacial score (nSPS) is 11.3. The maximum Gasteiger partial charge on any atom is 0.166 e. The second kappa shape index (κ2) is 11.7. The number of amidine groups is 1. The summed E-state index contributed by atoms with van der Waals surface area (Å²) < 4.78 is 11.5. The third-order valence-electron chi connectivity index (χ3n) is 4.79. The molecule has 0 bridgehead atoms. The number of ether oxygens (including phenoxy) is 2. The van der Waals surface area contributed by atoms with Crippen LogP contribution in [0.4, 0.5) is 0 Å². The van der Waals surface area contributed by atoms with Crippen molar-refractivity contribution in [2.24, 2.45) is 16.7 Å². The smallest absolute Gasteiger partial charge is 0.166 e. The number of phenolic OH excluding ortho intramolecular Hbond substituents is 1. The van der Waals surface area contributed by atoms with Gasteiger partial charge in [-0.05, 0) is 62.6 Å². The largest absolute Gasteiger partial charge is 0.507 e. The molecule has 2 aromatic rings. The molecule has 162 valence electrons.